The number of benzene rings is 5. The molecule has 17 heteroatoms. The minimum Gasteiger partial charge on any atom is -0.387 e. The van der Waals surface area contributed by atoms with E-state index in [9.17, 15) is 10.2 Å². The number of nitrogens with zero attached hydrogens (tertiary/aromatic N) is 7. The molecule has 8 rings (SSSR count). The van der Waals surface area contributed by atoms with Crippen LogP contribution in [0.5, 0.6) is 0 Å². The number of aromatic nitrogens is 7. The van der Waals surface area contributed by atoms with E-state index >= 15 is 0 Å². The van der Waals surface area contributed by atoms with Crippen LogP contribution < -0.4 is 11.2 Å². The van der Waals surface area contributed by atoms with Gasteiger partial charge in [0.1, 0.15) is 5.69 Å². The smallest absolute Gasteiger partial charge is 0.203 e. The fourth-order valence-electron chi connectivity index (χ4n) is 7.02. The van der Waals surface area contributed by atoms with Gasteiger partial charge in [-0.1, -0.05) is 117 Å². The molecule has 0 radical (unpaired) electrons. The number of aliphatic hydroxyl groups is 2. The molecule has 0 saturated heterocycles. The first-order valence-corrected chi connectivity index (χ1v) is 21.0. The molecule has 0 bridgehead atoms. The van der Waals surface area contributed by atoms with Gasteiger partial charge >= 0.3 is 0 Å². The van der Waals surface area contributed by atoms with Gasteiger partial charge in [0, 0.05) is 10.0 Å². The van der Waals surface area contributed by atoms with E-state index in [4.69, 9.17) is 86.8 Å². The quantitative estimate of drug-likeness (QED) is 0.0960. The average molecular weight is 937 g/mol. The molecule has 5 aromatic carbocycles. The van der Waals surface area contributed by atoms with Gasteiger partial charge in [-0.15, -0.1) is 11.5 Å². The van der Waals surface area contributed by atoms with Crippen molar-refractivity contribution in [2.24, 2.45) is 0 Å². The highest BCUT2D eigenvalue weighted by molar-refractivity contribution is 6.42. The van der Waals surface area contributed by atoms with Crippen LogP contribution in [0, 0.1) is 30.1 Å². The molecule has 0 spiro atoms. The summed E-state index contributed by atoms with van der Waals surface area (Å²) in [4.78, 5) is 0. The van der Waals surface area contributed by atoms with Crippen molar-refractivity contribution in [1.29, 1.82) is 10.8 Å². The van der Waals surface area contributed by atoms with E-state index in [0.29, 0.717) is 60.0 Å². The number of fused-ring (bicyclic) bond motifs is 2. The van der Waals surface area contributed by atoms with Crippen LogP contribution in [0.4, 0.5) is 0 Å². The second kappa shape index (κ2) is 18.9. The number of terminal acetylenes is 1. The number of halogens is 6. The Morgan fingerprint density at radius 2 is 1.15 bits per heavy atom. The van der Waals surface area contributed by atoms with Gasteiger partial charge in [-0.25, -0.2) is 4.68 Å². The molecule has 3 aromatic heterocycles. The Kier molecular flexibility index (Phi) is 13.7. The first-order valence-electron chi connectivity index (χ1n) is 18.7. The standard InChI is InChI=1S/C26H23Cl3N6O.C18H14Cl3N3O/c1-16-4-2-3-5-18(16)12-33-13-20(31-32-33)14-34-24-11-19(27)7-9-23(24)35(26(34)30)15-25(36)17-6-8-21(28)22(29)10-17;1-2-7-23-16-9-12(19)4-6-15(16)24(18(23)22)10-17(25)11-3-5-13(20)14(21)8-11/h2-11,13,25,30,36H,12,14-15H2,1H3;1,3-6,8-9,17,22,25H,7,10H2. The lowest BCUT2D eigenvalue weighted by Crippen LogP contribution is -2.27. The maximum absolute atomic E-state index is 10.9. The van der Waals surface area contributed by atoms with Crippen molar-refractivity contribution in [3.05, 3.63) is 173 Å². The van der Waals surface area contributed by atoms with Crippen LogP contribution in [0.15, 0.2) is 103 Å². The first kappa shape index (κ1) is 44.1. The molecule has 312 valence electrons. The van der Waals surface area contributed by atoms with Gasteiger partial charge < -0.3 is 23.9 Å². The molecule has 2 unspecified atom stereocenters. The third kappa shape index (κ3) is 9.73. The summed E-state index contributed by atoms with van der Waals surface area (Å²) in [7, 11) is 0. The fraction of sp³-hybridized carbons (Fsp3) is 0.182. The lowest BCUT2D eigenvalue weighted by molar-refractivity contribution is 0.155. The lowest BCUT2D eigenvalue weighted by Gasteiger charge is -2.13. The molecule has 0 saturated carbocycles. The molecule has 2 atom stereocenters. The molecule has 8 aromatic rings. The zero-order valence-corrected chi connectivity index (χ0v) is 36.9. The van der Waals surface area contributed by atoms with Crippen LogP contribution in [0.25, 0.3) is 22.1 Å². The van der Waals surface area contributed by atoms with Crippen LogP contribution in [0.1, 0.15) is 40.2 Å². The molecule has 4 N–H and O–H groups in total. The van der Waals surface area contributed by atoms with Crippen molar-refractivity contribution in [2.45, 2.75) is 51.9 Å². The van der Waals surface area contributed by atoms with E-state index in [0.717, 1.165) is 22.1 Å². The SMILES string of the molecule is C#CCn1c(=N)n(CC(O)c2ccc(Cl)c(Cl)c2)c2ccc(Cl)cc21.Cc1ccccc1Cn1cc(Cn2c(=N)n(CC(O)c3ccc(Cl)c(Cl)c3)c3ccc(Cl)cc32)nn1. The Labute approximate surface area is 380 Å². The number of aryl methyl sites for hydroxylation is 1. The highest BCUT2D eigenvalue weighted by Crippen LogP contribution is 2.29. The minimum atomic E-state index is -0.890. The summed E-state index contributed by atoms with van der Waals surface area (Å²) in [5.74, 6) is 2.54. The Bertz CT molecular complexity index is 3070. The molecule has 11 nitrogen and oxygen atoms in total. The third-order valence-electron chi connectivity index (χ3n) is 10.2. The van der Waals surface area contributed by atoms with E-state index in [-0.39, 0.29) is 30.9 Å². The molecule has 0 aliphatic heterocycles. The van der Waals surface area contributed by atoms with E-state index in [2.05, 4.69) is 35.3 Å². The van der Waals surface area contributed by atoms with Gasteiger partial charge in [-0.05, 0) is 89.8 Å². The van der Waals surface area contributed by atoms with Crippen molar-refractivity contribution < 1.29 is 10.2 Å². The average Bonchev–Trinajstić information content (AvgIpc) is 3.86. The van der Waals surface area contributed by atoms with Crippen LogP contribution in [0.3, 0.4) is 0 Å². The summed E-state index contributed by atoms with van der Waals surface area (Å²) in [6.45, 7) is 3.58. The summed E-state index contributed by atoms with van der Waals surface area (Å²) in [6, 6.07) is 28.9. The molecule has 61 heavy (non-hydrogen) atoms. The zero-order chi connectivity index (χ0) is 43.5. The van der Waals surface area contributed by atoms with Crippen molar-refractivity contribution in [2.75, 3.05) is 0 Å². The van der Waals surface area contributed by atoms with Crippen LogP contribution in [-0.2, 0) is 32.7 Å². The van der Waals surface area contributed by atoms with E-state index in [1.165, 1.54) is 11.1 Å². The number of imidazole rings is 2. The Hall–Kier alpha value is -5.00. The largest absolute Gasteiger partial charge is 0.387 e. The second-order valence-corrected chi connectivity index (χ2v) is 16.7. The van der Waals surface area contributed by atoms with Gasteiger partial charge in [-0.2, -0.15) is 0 Å². The number of rotatable bonds is 11. The number of hydrogen-bond acceptors (Lipinski definition) is 6. The van der Waals surface area contributed by atoms with Crippen molar-refractivity contribution >= 4 is 91.7 Å². The van der Waals surface area contributed by atoms with Crippen LogP contribution in [0.2, 0.25) is 30.1 Å². The molecule has 0 aliphatic rings. The van der Waals surface area contributed by atoms with Crippen LogP contribution >= 0.6 is 69.6 Å². The molecule has 0 aliphatic carbocycles. The molecule has 3 heterocycles. The van der Waals surface area contributed by atoms with Gasteiger partial charge in [0.2, 0.25) is 11.2 Å². The van der Waals surface area contributed by atoms with Crippen LogP contribution in [-0.4, -0.2) is 43.5 Å². The molecular formula is C44H37Cl6N9O2. The maximum Gasteiger partial charge on any atom is 0.203 e. The fourth-order valence-corrected chi connectivity index (χ4v) is 7.96. The van der Waals surface area contributed by atoms with E-state index in [1.54, 1.807) is 73.0 Å². The van der Waals surface area contributed by atoms with Gasteiger partial charge in [0.05, 0.1) is 93.3 Å². The van der Waals surface area contributed by atoms with Crippen molar-refractivity contribution in [1.82, 2.24) is 33.3 Å². The maximum atomic E-state index is 10.9. The summed E-state index contributed by atoms with van der Waals surface area (Å²) in [5, 5.41) is 50.1. The molecule has 0 fully saturated rings. The monoisotopic (exact) mass is 933 g/mol. The summed E-state index contributed by atoms with van der Waals surface area (Å²) in [6.07, 6.45) is 5.56. The topological polar surface area (TPSA) is 139 Å². The normalized spacial score (nSPS) is 12.3. The highest BCUT2D eigenvalue weighted by atomic mass is 35.5. The molecular weight excluding hydrogens is 899 g/mol. The van der Waals surface area contributed by atoms with Gasteiger partial charge in [-0.3, -0.25) is 15.4 Å². The van der Waals surface area contributed by atoms with Crippen molar-refractivity contribution in [3.63, 3.8) is 0 Å². The minimum absolute atomic E-state index is 0.155. The summed E-state index contributed by atoms with van der Waals surface area (Å²) >= 11 is 36.5. The van der Waals surface area contributed by atoms with Crippen molar-refractivity contribution in [3.8, 4) is 12.3 Å². The Balaban J connectivity index is 0.000000197. The predicted molar refractivity (Wildman–Crippen MR) is 243 cm³/mol. The first-order chi connectivity index (χ1) is 29.2. The summed E-state index contributed by atoms with van der Waals surface area (Å²) < 4.78 is 8.71. The van der Waals surface area contributed by atoms with Gasteiger partial charge in [0.15, 0.2) is 0 Å². The number of hydrogen-bond donors (Lipinski definition) is 4. The Morgan fingerprint density at radius 1 is 0.623 bits per heavy atom. The Morgan fingerprint density at radius 3 is 1.67 bits per heavy atom. The lowest BCUT2D eigenvalue weighted by atomic mass is 10.1. The summed E-state index contributed by atoms with van der Waals surface area (Å²) in [5.41, 5.74) is 7.76. The van der Waals surface area contributed by atoms with E-state index < -0.39 is 12.2 Å². The zero-order valence-electron chi connectivity index (χ0n) is 32.4. The second-order valence-electron chi connectivity index (χ2n) is 14.2. The van der Waals surface area contributed by atoms with Gasteiger partial charge in [0.25, 0.3) is 0 Å². The predicted octanol–water partition coefficient (Wildman–Crippen LogP) is 9.86. The highest BCUT2D eigenvalue weighted by Gasteiger charge is 2.19. The van der Waals surface area contributed by atoms with E-state index in [1.807, 2.05) is 41.1 Å². The molecule has 0 amide bonds. The third-order valence-corrected chi connectivity index (χ3v) is 12.1. The number of aliphatic hydroxyl groups excluding tert-OH is 2. The number of nitrogens with one attached hydrogen (secondary N) is 2.